The topological polar surface area (TPSA) is 57.8 Å². The predicted octanol–water partition coefficient (Wildman–Crippen LogP) is 5.19. The van der Waals surface area contributed by atoms with Crippen molar-refractivity contribution in [2.75, 3.05) is 5.32 Å². The van der Waals surface area contributed by atoms with Crippen molar-refractivity contribution in [2.45, 2.75) is 40.7 Å². The summed E-state index contributed by atoms with van der Waals surface area (Å²) in [5, 5.41) is 12.8. The van der Waals surface area contributed by atoms with E-state index in [0.717, 1.165) is 22.5 Å². The summed E-state index contributed by atoms with van der Waals surface area (Å²) in [6.07, 6.45) is 1.64. The van der Waals surface area contributed by atoms with Gasteiger partial charge in [-0.05, 0) is 70.0 Å². The average molecular weight is 356 g/mol. The third-order valence-electron chi connectivity index (χ3n) is 4.22. The van der Waals surface area contributed by atoms with Gasteiger partial charge in [0.15, 0.2) is 0 Å². The SMILES string of the molecule is Cc1c(Cl)cccc1NC(=O)/C(C#N)=C/c1cc(C)n(C(C)C)c1C. The molecule has 2 aromatic rings. The molecular formula is C20H22ClN3O. The number of aryl methyl sites for hydroxylation is 1. The van der Waals surface area contributed by atoms with E-state index in [0.29, 0.717) is 16.8 Å². The zero-order chi connectivity index (χ0) is 18.7. The molecule has 1 amide bonds. The average Bonchev–Trinajstić information content (AvgIpc) is 2.83. The monoisotopic (exact) mass is 355 g/mol. The second-order valence-electron chi connectivity index (χ2n) is 6.33. The number of nitrogens with one attached hydrogen (secondary N) is 1. The number of halogens is 1. The van der Waals surface area contributed by atoms with Crippen LogP contribution in [-0.4, -0.2) is 10.5 Å². The number of anilines is 1. The number of hydrogen-bond donors (Lipinski definition) is 1. The van der Waals surface area contributed by atoms with Gasteiger partial charge in [0.2, 0.25) is 0 Å². The number of amides is 1. The van der Waals surface area contributed by atoms with Crippen LogP contribution in [0.25, 0.3) is 6.08 Å². The molecule has 0 aliphatic rings. The van der Waals surface area contributed by atoms with Gasteiger partial charge in [0.05, 0.1) is 0 Å². The van der Waals surface area contributed by atoms with E-state index in [1.165, 1.54) is 0 Å². The van der Waals surface area contributed by atoms with Gasteiger partial charge < -0.3 is 9.88 Å². The van der Waals surface area contributed by atoms with Gasteiger partial charge in [-0.15, -0.1) is 0 Å². The molecule has 0 aliphatic carbocycles. The predicted molar refractivity (Wildman–Crippen MR) is 103 cm³/mol. The van der Waals surface area contributed by atoms with Gasteiger partial charge in [0, 0.05) is 28.1 Å². The Balaban J connectivity index is 2.35. The number of carbonyl (C=O) groups excluding carboxylic acids is 1. The van der Waals surface area contributed by atoms with E-state index < -0.39 is 5.91 Å². The van der Waals surface area contributed by atoms with Gasteiger partial charge in [0.1, 0.15) is 11.6 Å². The molecular weight excluding hydrogens is 334 g/mol. The molecule has 0 bridgehead atoms. The number of benzene rings is 1. The lowest BCUT2D eigenvalue weighted by Gasteiger charge is -2.13. The molecule has 0 atom stereocenters. The lowest BCUT2D eigenvalue weighted by molar-refractivity contribution is -0.112. The zero-order valence-corrected chi connectivity index (χ0v) is 15.9. The van der Waals surface area contributed by atoms with Gasteiger partial charge in [-0.25, -0.2) is 0 Å². The first-order valence-corrected chi connectivity index (χ1v) is 8.50. The van der Waals surface area contributed by atoms with Crippen LogP contribution in [0.2, 0.25) is 5.02 Å². The normalized spacial score (nSPS) is 11.5. The van der Waals surface area contributed by atoms with Crippen LogP contribution in [0.15, 0.2) is 29.8 Å². The maximum absolute atomic E-state index is 12.5. The first kappa shape index (κ1) is 18.8. The highest BCUT2D eigenvalue weighted by Crippen LogP contribution is 2.25. The van der Waals surface area contributed by atoms with Crippen molar-refractivity contribution < 1.29 is 4.79 Å². The molecule has 4 nitrogen and oxygen atoms in total. The summed E-state index contributed by atoms with van der Waals surface area (Å²) >= 11 is 6.08. The summed E-state index contributed by atoms with van der Waals surface area (Å²) in [5.41, 5.74) is 4.44. The molecule has 0 radical (unpaired) electrons. The molecule has 0 unspecified atom stereocenters. The Kier molecular flexibility index (Phi) is 5.71. The summed E-state index contributed by atoms with van der Waals surface area (Å²) in [6, 6.07) is 9.58. The summed E-state index contributed by atoms with van der Waals surface area (Å²) < 4.78 is 2.18. The van der Waals surface area contributed by atoms with Crippen molar-refractivity contribution >= 4 is 29.3 Å². The number of nitriles is 1. The summed E-state index contributed by atoms with van der Waals surface area (Å²) in [5.74, 6) is -0.442. The largest absolute Gasteiger partial charge is 0.346 e. The summed E-state index contributed by atoms with van der Waals surface area (Å²) in [4.78, 5) is 12.5. The highest BCUT2D eigenvalue weighted by atomic mass is 35.5. The minimum atomic E-state index is -0.442. The highest BCUT2D eigenvalue weighted by molar-refractivity contribution is 6.31. The van der Waals surface area contributed by atoms with Crippen LogP contribution >= 0.6 is 11.6 Å². The van der Waals surface area contributed by atoms with E-state index in [1.807, 2.05) is 32.9 Å². The van der Waals surface area contributed by atoms with Gasteiger partial charge in [0.25, 0.3) is 5.91 Å². The number of hydrogen-bond acceptors (Lipinski definition) is 2. The Hall–Kier alpha value is -2.51. The van der Waals surface area contributed by atoms with Crippen molar-refractivity contribution in [3.05, 3.63) is 57.4 Å². The van der Waals surface area contributed by atoms with Gasteiger partial charge in [-0.2, -0.15) is 5.26 Å². The number of rotatable bonds is 4. The molecule has 1 N–H and O–H groups in total. The van der Waals surface area contributed by atoms with Crippen molar-refractivity contribution in [3.63, 3.8) is 0 Å². The van der Waals surface area contributed by atoms with Crippen LogP contribution in [-0.2, 0) is 4.79 Å². The number of aromatic nitrogens is 1. The number of nitrogens with zero attached hydrogens (tertiary/aromatic N) is 2. The van der Waals surface area contributed by atoms with Gasteiger partial charge in [-0.3, -0.25) is 4.79 Å². The highest BCUT2D eigenvalue weighted by Gasteiger charge is 2.15. The van der Waals surface area contributed by atoms with Crippen LogP contribution in [0.5, 0.6) is 0 Å². The smallest absolute Gasteiger partial charge is 0.266 e. The minimum absolute atomic E-state index is 0.0587. The van der Waals surface area contributed by atoms with E-state index in [4.69, 9.17) is 11.6 Å². The first-order valence-electron chi connectivity index (χ1n) is 8.13. The first-order chi connectivity index (χ1) is 11.8. The lowest BCUT2D eigenvalue weighted by Crippen LogP contribution is -2.14. The van der Waals surface area contributed by atoms with E-state index in [1.54, 1.807) is 24.3 Å². The Bertz CT molecular complexity index is 885. The molecule has 2 rings (SSSR count). The second-order valence-corrected chi connectivity index (χ2v) is 6.73. The molecule has 0 saturated carbocycles. The quantitative estimate of drug-likeness (QED) is 0.605. The van der Waals surface area contributed by atoms with Crippen molar-refractivity contribution in [1.82, 2.24) is 4.57 Å². The van der Waals surface area contributed by atoms with E-state index in [2.05, 4.69) is 23.7 Å². The zero-order valence-electron chi connectivity index (χ0n) is 15.1. The maximum atomic E-state index is 12.5. The molecule has 1 heterocycles. The van der Waals surface area contributed by atoms with Crippen LogP contribution < -0.4 is 5.32 Å². The van der Waals surface area contributed by atoms with Gasteiger partial charge >= 0.3 is 0 Å². The van der Waals surface area contributed by atoms with Gasteiger partial charge in [-0.1, -0.05) is 17.7 Å². The van der Waals surface area contributed by atoms with Crippen LogP contribution in [0.3, 0.4) is 0 Å². The molecule has 130 valence electrons. The molecule has 1 aromatic heterocycles. The van der Waals surface area contributed by atoms with E-state index in [9.17, 15) is 10.1 Å². The molecule has 0 spiro atoms. The lowest BCUT2D eigenvalue weighted by atomic mass is 10.1. The Morgan fingerprint density at radius 1 is 1.32 bits per heavy atom. The van der Waals surface area contributed by atoms with Crippen molar-refractivity contribution in [2.24, 2.45) is 0 Å². The molecule has 5 heteroatoms. The number of carbonyl (C=O) groups is 1. The fraction of sp³-hybridized carbons (Fsp3) is 0.300. The molecule has 0 aliphatic heterocycles. The summed E-state index contributed by atoms with van der Waals surface area (Å²) in [7, 11) is 0. The van der Waals surface area contributed by atoms with E-state index >= 15 is 0 Å². The fourth-order valence-electron chi connectivity index (χ4n) is 2.98. The second kappa shape index (κ2) is 7.58. The van der Waals surface area contributed by atoms with Crippen LogP contribution in [0.1, 0.15) is 42.4 Å². The third kappa shape index (κ3) is 3.94. The Labute approximate surface area is 153 Å². The minimum Gasteiger partial charge on any atom is -0.346 e. The molecule has 0 fully saturated rings. The fourth-order valence-corrected chi connectivity index (χ4v) is 3.15. The molecule has 0 saturated heterocycles. The summed E-state index contributed by atoms with van der Waals surface area (Å²) in [6.45, 7) is 10.0. The van der Waals surface area contributed by atoms with E-state index in [-0.39, 0.29) is 5.57 Å². The molecule has 25 heavy (non-hydrogen) atoms. The Morgan fingerprint density at radius 3 is 2.56 bits per heavy atom. The van der Waals surface area contributed by atoms with Crippen LogP contribution in [0, 0.1) is 32.1 Å². The third-order valence-corrected chi connectivity index (χ3v) is 4.63. The Morgan fingerprint density at radius 2 is 2.00 bits per heavy atom. The standard InChI is InChI=1S/C20H22ClN3O/c1-12(2)24-13(3)9-16(15(24)5)10-17(11-22)20(25)23-19-8-6-7-18(21)14(19)4/h6-10,12H,1-5H3,(H,23,25)/b17-10+. The molecule has 1 aromatic carbocycles. The van der Waals surface area contributed by atoms with Crippen LogP contribution in [0.4, 0.5) is 5.69 Å². The van der Waals surface area contributed by atoms with Crippen molar-refractivity contribution in [3.8, 4) is 6.07 Å². The maximum Gasteiger partial charge on any atom is 0.266 e. The van der Waals surface area contributed by atoms with Crippen molar-refractivity contribution in [1.29, 1.82) is 5.26 Å².